The molecule has 0 saturated carbocycles. The van der Waals surface area contributed by atoms with Crippen LogP contribution in [0.4, 0.5) is 0 Å². The van der Waals surface area contributed by atoms with Gasteiger partial charge in [-0.05, 0) is 39.2 Å². The van der Waals surface area contributed by atoms with E-state index in [2.05, 4.69) is 4.99 Å². The fourth-order valence-corrected chi connectivity index (χ4v) is 1.81. The standard InChI is InChI=1S/C10H21N3O4.C6H14N4O2/c1-6(8(13)9(14)15)17-10(16)7(12)4-2-3-5-11;7-4(5(11)12)2-1-3-10-6(8)9/h6-8H,2-5,11-13H2,1H3,(H,14,15);4H,1-3,7H2,(H,11,12)(H4,8,9,10)/t6-,7+,8+;4-/m10/s1. The molecular weight excluding hydrogens is 386 g/mol. The smallest absolute Gasteiger partial charge is 0.324 e. The number of carboxylic acid groups (broad SMARTS) is 2. The number of carbonyl (C=O) groups is 3. The van der Waals surface area contributed by atoms with E-state index in [0.717, 1.165) is 12.8 Å². The van der Waals surface area contributed by atoms with Crippen LogP contribution in [-0.2, 0) is 19.1 Å². The van der Waals surface area contributed by atoms with Gasteiger partial charge in [0.1, 0.15) is 24.2 Å². The minimum absolute atomic E-state index is 0.0129. The summed E-state index contributed by atoms with van der Waals surface area (Å²) in [4.78, 5) is 35.9. The highest BCUT2D eigenvalue weighted by Gasteiger charge is 2.25. The Labute approximate surface area is 169 Å². The van der Waals surface area contributed by atoms with Gasteiger partial charge in [-0.3, -0.25) is 19.4 Å². The summed E-state index contributed by atoms with van der Waals surface area (Å²) in [7, 11) is 0. The minimum atomic E-state index is -1.24. The quantitative estimate of drug-likeness (QED) is 0.0649. The molecule has 0 aromatic carbocycles. The van der Waals surface area contributed by atoms with E-state index < -0.39 is 42.1 Å². The molecule has 14 N–H and O–H groups in total. The molecule has 4 atom stereocenters. The van der Waals surface area contributed by atoms with E-state index in [1.165, 1.54) is 6.92 Å². The topological polar surface area (TPSA) is 269 Å². The van der Waals surface area contributed by atoms with Crippen molar-refractivity contribution in [1.29, 1.82) is 0 Å². The Hall–Kier alpha value is -2.48. The lowest BCUT2D eigenvalue weighted by atomic mass is 10.1. The van der Waals surface area contributed by atoms with Crippen molar-refractivity contribution in [3.05, 3.63) is 0 Å². The van der Waals surface area contributed by atoms with Crippen molar-refractivity contribution < 1.29 is 29.3 Å². The van der Waals surface area contributed by atoms with Gasteiger partial charge in [-0.25, -0.2) is 0 Å². The third kappa shape index (κ3) is 16.2. The van der Waals surface area contributed by atoms with E-state index in [9.17, 15) is 14.4 Å². The lowest BCUT2D eigenvalue weighted by molar-refractivity contribution is -0.155. The molecule has 13 nitrogen and oxygen atoms in total. The summed E-state index contributed by atoms with van der Waals surface area (Å²) < 4.78 is 4.86. The van der Waals surface area contributed by atoms with Gasteiger partial charge in [-0.1, -0.05) is 6.42 Å². The first-order valence-electron chi connectivity index (χ1n) is 9.12. The van der Waals surface area contributed by atoms with Crippen LogP contribution in [0.2, 0.25) is 0 Å². The fourth-order valence-electron chi connectivity index (χ4n) is 1.81. The van der Waals surface area contributed by atoms with E-state index >= 15 is 0 Å². The van der Waals surface area contributed by atoms with Crippen molar-refractivity contribution in [2.45, 2.75) is 63.3 Å². The zero-order valence-corrected chi connectivity index (χ0v) is 16.7. The van der Waals surface area contributed by atoms with Crippen molar-refractivity contribution >= 4 is 23.9 Å². The van der Waals surface area contributed by atoms with Crippen molar-refractivity contribution in [2.75, 3.05) is 13.1 Å². The van der Waals surface area contributed by atoms with Crippen LogP contribution >= 0.6 is 0 Å². The normalized spacial score (nSPS) is 14.4. The van der Waals surface area contributed by atoms with E-state index in [4.69, 9.17) is 49.4 Å². The highest BCUT2D eigenvalue weighted by atomic mass is 16.5. The molecule has 0 aliphatic carbocycles. The molecule has 0 aliphatic rings. The fraction of sp³-hybridized carbons (Fsp3) is 0.750. The number of hydrogen-bond acceptors (Lipinski definition) is 9. The highest BCUT2D eigenvalue weighted by Crippen LogP contribution is 2.04. The Morgan fingerprint density at radius 2 is 1.48 bits per heavy atom. The van der Waals surface area contributed by atoms with Gasteiger partial charge in [0.15, 0.2) is 5.96 Å². The number of rotatable bonds is 13. The molecular formula is C16H35N7O6. The summed E-state index contributed by atoms with van der Waals surface area (Å²) in [6, 6.07) is -2.82. The van der Waals surface area contributed by atoms with Gasteiger partial charge in [0.05, 0.1) is 0 Å². The summed E-state index contributed by atoms with van der Waals surface area (Å²) in [6.07, 6.45) is 2.03. The number of unbranched alkanes of at least 4 members (excludes halogenated alkanes) is 1. The molecule has 0 aromatic heterocycles. The predicted octanol–water partition coefficient (Wildman–Crippen LogP) is -2.76. The average Bonchev–Trinajstić information content (AvgIpc) is 2.64. The molecule has 0 fully saturated rings. The van der Waals surface area contributed by atoms with Crippen molar-refractivity contribution in [2.24, 2.45) is 39.4 Å². The number of guanidine groups is 1. The first kappa shape index (κ1) is 28.7. The third-order valence-electron chi connectivity index (χ3n) is 3.65. The highest BCUT2D eigenvalue weighted by molar-refractivity contribution is 5.78. The van der Waals surface area contributed by atoms with Crippen LogP contribution in [0.3, 0.4) is 0 Å². The van der Waals surface area contributed by atoms with Gasteiger partial charge < -0.3 is 49.4 Å². The van der Waals surface area contributed by atoms with Crippen LogP contribution in [0.5, 0.6) is 0 Å². The van der Waals surface area contributed by atoms with Gasteiger partial charge in [-0.2, -0.15) is 0 Å². The Bertz CT molecular complexity index is 528. The Kier molecular flexibility index (Phi) is 16.3. The molecule has 170 valence electrons. The molecule has 0 radical (unpaired) electrons. The number of nitrogens with zero attached hydrogens (tertiary/aromatic N) is 1. The number of carboxylic acids is 2. The largest absolute Gasteiger partial charge is 0.480 e. The molecule has 0 spiro atoms. The molecule has 0 rings (SSSR count). The van der Waals surface area contributed by atoms with Crippen molar-refractivity contribution in [3.8, 4) is 0 Å². The van der Waals surface area contributed by atoms with Crippen molar-refractivity contribution in [1.82, 2.24) is 0 Å². The predicted molar refractivity (Wildman–Crippen MR) is 108 cm³/mol. The molecule has 29 heavy (non-hydrogen) atoms. The van der Waals surface area contributed by atoms with E-state index in [1.54, 1.807) is 0 Å². The van der Waals surface area contributed by atoms with Crippen molar-refractivity contribution in [3.63, 3.8) is 0 Å². The number of ether oxygens (including phenoxy) is 1. The second kappa shape index (κ2) is 16.5. The second-order valence-electron chi connectivity index (χ2n) is 6.29. The zero-order chi connectivity index (χ0) is 23.0. The number of aliphatic carboxylic acids is 2. The Balaban J connectivity index is 0. The number of aliphatic imine (C=N–C) groups is 1. The number of carbonyl (C=O) groups excluding carboxylic acids is 1. The van der Waals surface area contributed by atoms with Crippen LogP contribution in [0.1, 0.15) is 39.0 Å². The van der Waals surface area contributed by atoms with Gasteiger partial charge in [-0.15, -0.1) is 0 Å². The van der Waals surface area contributed by atoms with Gasteiger partial charge >= 0.3 is 17.9 Å². The lowest BCUT2D eigenvalue weighted by Gasteiger charge is -2.19. The zero-order valence-electron chi connectivity index (χ0n) is 16.7. The van der Waals surface area contributed by atoms with Crippen LogP contribution in [0, 0.1) is 0 Å². The number of esters is 1. The van der Waals surface area contributed by atoms with Gasteiger partial charge in [0, 0.05) is 6.54 Å². The van der Waals surface area contributed by atoms with Crippen LogP contribution in [0.15, 0.2) is 4.99 Å². The van der Waals surface area contributed by atoms with E-state index in [1.807, 2.05) is 0 Å². The molecule has 0 unspecified atom stereocenters. The first-order valence-corrected chi connectivity index (χ1v) is 9.12. The lowest BCUT2D eigenvalue weighted by Crippen LogP contribution is -2.45. The monoisotopic (exact) mass is 421 g/mol. The number of hydrogen-bond donors (Lipinski definition) is 8. The molecule has 0 aliphatic heterocycles. The molecule has 0 bridgehead atoms. The molecule has 13 heteroatoms. The van der Waals surface area contributed by atoms with Gasteiger partial charge in [0.2, 0.25) is 0 Å². The SMILES string of the molecule is C[C@@H](OC(=O)[C@@H](N)CCCCN)[C@H](N)C(=O)O.NC(N)=NCCC[C@H](N)C(=O)O. The maximum atomic E-state index is 11.4. The molecule has 0 amide bonds. The first-order chi connectivity index (χ1) is 13.4. The molecule has 0 aromatic rings. The summed E-state index contributed by atoms with van der Waals surface area (Å²) in [5.74, 6) is -2.84. The van der Waals surface area contributed by atoms with Gasteiger partial charge in [0.25, 0.3) is 0 Å². The van der Waals surface area contributed by atoms with E-state index in [0.29, 0.717) is 32.4 Å². The maximum absolute atomic E-state index is 11.4. The Morgan fingerprint density at radius 3 is 1.93 bits per heavy atom. The average molecular weight is 421 g/mol. The second-order valence-corrected chi connectivity index (χ2v) is 6.29. The summed E-state index contributed by atoms with van der Waals surface area (Å²) in [6.45, 7) is 2.38. The minimum Gasteiger partial charge on any atom is -0.480 e. The number of nitrogens with two attached hydrogens (primary N) is 6. The third-order valence-corrected chi connectivity index (χ3v) is 3.65. The van der Waals surface area contributed by atoms with E-state index in [-0.39, 0.29) is 5.96 Å². The van der Waals surface area contributed by atoms with Crippen LogP contribution in [-0.4, -0.2) is 71.4 Å². The summed E-state index contributed by atoms with van der Waals surface area (Å²) in [5.41, 5.74) is 31.5. The van der Waals surface area contributed by atoms with Crippen LogP contribution < -0.4 is 34.4 Å². The summed E-state index contributed by atoms with van der Waals surface area (Å²) >= 11 is 0. The van der Waals surface area contributed by atoms with Crippen LogP contribution in [0.25, 0.3) is 0 Å². The Morgan fingerprint density at radius 1 is 0.931 bits per heavy atom. The molecule has 0 saturated heterocycles. The maximum Gasteiger partial charge on any atom is 0.324 e. The molecule has 0 heterocycles. The summed E-state index contributed by atoms with van der Waals surface area (Å²) in [5, 5.41) is 17.0.